The lowest BCUT2D eigenvalue weighted by Gasteiger charge is -2.47. The molecule has 3 heterocycles. The molecule has 3 fully saturated rings. The van der Waals surface area contributed by atoms with Gasteiger partial charge in [0.05, 0.1) is 0 Å². The zero-order valence-corrected chi connectivity index (χ0v) is 12.7. The molecule has 0 bridgehead atoms. The molecule has 112 valence electrons. The lowest BCUT2D eigenvalue weighted by atomic mass is 9.83. The van der Waals surface area contributed by atoms with Crippen LogP contribution in [-0.4, -0.2) is 41.0 Å². The van der Waals surface area contributed by atoms with E-state index < -0.39 is 0 Å². The molecule has 1 amide bonds. The van der Waals surface area contributed by atoms with E-state index in [1.165, 1.54) is 18.4 Å². The van der Waals surface area contributed by atoms with Crippen molar-refractivity contribution in [2.45, 2.75) is 51.1 Å². The third-order valence-electron chi connectivity index (χ3n) is 5.23. The first-order valence-corrected chi connectivity index (χ1v) is 8.21. The van der Waals surface area contributed by atoms with Crippen LogP contribution in [0.15, 0.2) is 18.3 Å². The zero-order valence-electron chi connectivity index (χ0n) is 12.7. The van der Waals surface area contributed by atoms with Crippen LogP contribution in [0.2, 0.25) is 0 Å². The van der Waals surface area contributed by atoms with Crippen LogP contribution in [0.3, 0.4) is 0 Å². The lowest BCUT2D eigenvalue weighted by Crippen LogP contribution is -2.56. The average Bonchev–Trinajstić information content (AvgIpc) is 3.31. The van der Waals surface area contributed by atoms with Crippen LogP contribution in [0.25, 0.3) is 0 Å². The summed E-state index contributed by atoms with van der Waals surface area (Å²) in [6.07, 6.45) is 7.23. The Morgan fingerprint density at radius 1 is 1.24 bits per heavy atom. The summed E-state index contributed by atoms with van der Waals surface area (Å²) in [5.41, 5.74) is 1.26. The second-order valence-corrected chi connectivity index (χ2v) is 6.82. The Bertz CT molecular complexity index is 555. The molecule has 1 aromatic rings. The molecule has 2 aliphatic heterocycles. The molecule has 3 aliphatic rings. The van der Waals surface area contributed by atoms with Crippen molar-refractivity contribution in [3.8, 4) is 0 Å². The summed E-state index contributed by atoms with van der Waals surface area (Å²) in [6, 6.07) is 5.27. The SMILES string of the molecule is Cc1ccnc(N2CC[C@H]3[C@@H](CCC(=O)N3C3CC3)C2)c1. The van der Waals surface area contributed by atoms with Gasteiger partial charge in [0.15, 0.2) is 0 Å². The number of carbonyl (C=O) groups is 1. The van der Waals surface area contributed by atoms with Crippen molar-refractivity contribution in [1.29, 1.82) is 0 Å². The molecule has 1 saturated carbocycles. The van der Waals surface area contributed by atoms with Crippen molar-refractivity contribution < 1.29 is 4.79 Å². The van der Waals surface area contributed by atoms with E-state index in [0.717, 1.165) is 38.2 Å². The minimum Gasteiger partial charge on any atom is -0.356 e. The van der Waals surface area contributed by atoms with E-state index in [4.69, 9.17) is 0 Å². The molecule has 4 nitrogen and oxygen atoms in total. The molecule has 2 saturated heterocycles. The number of rotatable bonds is 2. The fourth-order valence-electron chi connectivity index (χ4n) is 4.02. The zero-order chi connectivity index (χ0) is 14.4. The Labute approximate surface area is 126 Å². The highest BCUT2D eigenvalue weighted by Crippen LogP contribution is 2.39. The van der Waals surface area contributed by atoms with Crippen molar-refractivity contribution >= 4 is 11.7 Å². The topological polar surface area (TPSA) is 36.4 Å². The molecular formula is C17H23N3O. The third kappa shape index (κ3) is 2.41. The van der Waals surface area contributed by atoms with Gasteiger partial charge in [0.1, 0.15) is 5.82 Å². The summed E-state index contributed by atoms with van der Waals surface area (Å²) in [5.74, 6) is 2.13. The van der Waals surface area contributed by atoms with Crippen LogP contribution in [0, 0.1) is 12.8 Å². The van der Waals surface area contributed by atoms with Crippen LogP contribution in [0.1, 0.15) is 37.7 Å². The van der Waals surface area contributed by atoms with Gasteiger partial charge >= 0.3 is 0 Å². The quantitative estimate of drug-likeness (QED) is 0.837. The van der Waals surface area contributed by atoms with Gasteiger partial charge in [-0.2, -0.15) is 0 Å². The number of pyridine rings is 1. The summed E-state index contributed by atoms with van der Waals surface area (Å²) >= 11 is 0. The summed E-state index contributed by atoms with van der Waals surface area (Å²) in [4.78, 5) is 21.4. The van der Waals surface area contributed by atoms with Crippen molar-refractivity contribution in [3.05, 3.63) is 23.9 Å². The van der Waals surface area contributed by atoms with Crippen LogP contribution in [0.4, 0.5) is 5.82 Å². The van der Waals surface area contributed by atoms with Gasteiger partial charge in [0.25, 0.3) is 0 Å². The summed E-state index contributed by atoms with van der Waals surface area (Å²) in [5, 5.41) is 0. The molecule has 4 rings (SSSR count). The molecular weight excluding hydrogens is 262 g/mol. The van der Waals surface area contributed by atoms with Gasteiger partial charge in [-0.3, -0.25) is 4.79 Å². The Kier molecular flexibility index (Phi) is 3.12. The van der Waals surface area contributed by atoms with E-state index in [0.29, 0.717) is 23.9 Å². The third-order valence-corrected chi connectivity index (χ3v) is 5.23. The Hall–Kier alpha value is -1.58. The van der Waals surface area contributed by atoms with Gasteiger partial charge in [-0.15, -0.1) is 0 Å². The van der Waals surface area contributed by atoms with Gasteiger partial charge in [-0.25, -0.2) is 4.98 Å². The first-order chi connectivity index (χ1) is 10.2. The number of nitrogens with zero attached hydrogens (tertiary/aromatic N) is 3. The van der Waals surface area contributed by atoms with Gasteiger partial charge in [-0.05, 0) is 56.2 Å². The highest BCUT2D eigenvalue weighted by molar-refractivity contribution is 5.78. The molecule has 0 unspecified atom stereocenters. The minimum absolute atomic E-state index is 0.404. The van der Waals surface area contributed by atoms with Crippen LogP contribution >= 0.6 is 0 Å². The van der Waals surface area contributed by atoms with E-state index in [1.54, 1.807) is 0 Å². The van der Waals surface area contributed by atoms with Crippen LogP contribution in [-0.2, 0) is 4.79 Å². The minimum atomic E-state index is 0.404. The van der Waals surface area contributed by atoms with Crippen molar-refractivity contribution in [1.82, 2.24) is 9.88 Å². The monoisotopic (exact) mass is 285 g/mol. The number of anilines is 1. The van der Waals surface area contributed by atoms with E-state index in [9.17, 15) is 4.79 Å². The molecule has 0 spiro atoms. The molecule has 4 heteroatoms. The number of hydrogen-bond acceptors (Lipinski definition) is 3. The van der Waals surface area contributed by atoms with Crippen molar-refractivity contribution in [2.75, 3.05) is 18.0 Å². The maximum Gasteiger partial charge on any atom is 0.223 e. The number of carbonyl (C=O) groups excluding carboxylic acids is 1. The predicted molar refractivity (Wildman–Crippen MR) is 82.2 cm³/mol. The number of piperidine rings is 2. The molecule has 0 aromatic carbocycles. The number of amides is 1. The number of fused-ring (bicyclic) bond motifs is 1. The molecule has 1 aliphatic carbocycles. The number of aryl methyl sites for hydroxylation is 1. The van der Waals surface area contributed by atoms with E-state index in [-0.39, 0.29) is 0 Å². The number of aromatic nitrogens is 1. The fourth-order valence-corrected chi connectivity index (χ4v) is 4.02. The second-order valence-electron chi connectivity index (χ2n) is 6.82. The number of hydrogen-bond donors (Lipinski definition) is 0. The average molecular weight is 285 g/mol. The van der Waals surface area contributed by atoms with E-state index in [1.807, 2.05) is 12.3 Å². The van der Waals surface area contributed by atoms with Crippen molar-refractivity contribution in [2.24, 2.45) is 5.92 Å². The highest BCUT2D eigenvalue weighted by atomic mass is 16.2. The largest absolute Gasteiger partial charge is 0.356 e. The normalized spacial score (nSPS) is 29.5. The maximum absolute atomic E-state index is 12.2. The van der Waals surface area contributed by atoms with Gasteiger partial charge < -0.3 is 9.80 Å². The Balaban J connectivity index is 1.52. The van der Waals surface area contributed by atoms with E-state index >= 15 is 0 Å². The number of likely N-dealkylation sites (tertiary alicyclic amines) is 1. The summed E-state index contributed by atoms with van der Waals surface area (Å²) in [6.45, 7) is 4.19. The smallest absolute Gasteiger partial charge is 0.223 e. The first kappa shape index (κ1) is 13.1. The second kappa shape index (κ2) is 5.00. The lowest BCUT2D eigenvalue weighted by molar-refractivity contribution is -0.140. The molecule has 0 N–H and O–H groups in total. The van der Waals surface area contributed by atoms with Crippen LogP contribution < -0.4 is 4.90 Å². The standard InChI is InChI=1S/C17H23N3O/c1-12-6-8-18-16(10-12)19-9-7-15-13(11-19)2-5-17(21)20(15)14-3-4-14/h6,8,10,13-15H,2-5,7,9,11H2,1H3/t13-,15-/m0/s1. The van der Waals surface area contributed by atoms with Crippen molar-refractivity contribution in [3.63, 3.8) is 0 Å². The summed E-state index contributed by atoms with van der Waals surface area (Å²) in [7, 11) is 0. The molecule has 1 aromatic heterocycles. The van der Waals surface area contributed by atoms with E-state index in [2.05, 4.69) is 27.8 Å². The Morgan fingerprint density at radius 2 is 2.10 bits per heavy atom. The van der Waals surface area contributed by atoms with Gasteiger partial charge in [0.2, 0.25) is 5.91 Å². The summed E-state index contributed by atoms with van der Waals surface area (Å²) < 4.78 is 0. The predicted octanol–water partition coefficient (Wildman–Crippen LogP) is 2.37. The van der Waals surface area contributed by atoms with Crippen LogP contribution in [0.5, 0.6) is 0 Å². The maximum atomic E-state index is 12.2. The fraction of sp³-hybridized carbons (Fsp3) is 0.647. The molecule has 0 radical (unpaired) electrons. The van der Waals surface area contributed by atoms with Gasteiger partial charge in [-0.1, -0.05) is 0 Å². The first-order valence-electron chi connectivity index (χ1n) is 8.21. The molecule has 2 atom stereocenters. The Morgan fingerprint density at radius 3 is 2.86 bits per heavy atom. The molecule has 21 heavy (non-hydrogen) atoms. The highest BCUT2D eigenvalue weighted by Gasteiger charge is 2.45. The van der Waals surface area contributed by atoms with Gasteiger partial charge in [0, 0.05) is 37.8 Å².